The van der Waals surface area contributed by atoms with Gasteiger partial charge >= 0.3 is 0 Å². The number of hydrogen-bond acceptors (Lipinski definition) is 4. The molecular formula is C28H32N2O2. The second-order valence-corrected chi connectivity index (χ2v) is 10.0. The van der Waals surface area contributed by atoms with E-state index in [2.05, 4.69) is 51.5 Å². The smallest absolute Gasteiger partial charge is 0.128 e. The molecule has 0 spiro atoms. The minimum Gasteiger partial charge on any atom is -0.507 e. The number of phenols is 2. The lowest BCUT2D eigenvalue weighted by atomic mass is 9.85. The summed E-state index contributed by atoms with van der Waals surface area (Å²) in [5.74, 6) is 0.513. The maximum atomic E-state index is 10.6. The maximum absolute atomic E-state index is 10.6. The zero-order valence-corrected chi connectivity index (χ0v) is 19.7. The highest BCUT2D eigenvalue weighted by Gasteiger charge is 2.20. The second-order valence-electron chi connectivity index (χ2n) is 10.0. The van der Waals surface area contributed by atoms with Gasteiger partial charge in [0.2, 0.25) is 0 Å². The van der Waals surface area contributed by atoms with Gasteiger partial charge < -0.3 is 10.2 Å². The standard InChI is InChI=1S/C28H32N2O2/c1-27(2,3)23-14-7-10-19(25(23)31)17-29-21-12-9-13-22(16-21)30-18-20-11-8-15-24(26(20)32)28(4,5)6/h7-18,31-32H,1-6H3. The fourth-order valence-electron chi connectivity index (χ4n) is 3.48. The Labute approximate surface area is 191 Å². The third kappa shape index (κ3) is 5.44. The molecule has 3 aromatic rings. The van der Waals surface area contributed by atoms with E-state index in [0.717, 1.165) is 22.5 Å². The molecule has 32 heavy (non-hydrogen) atoms. The van der Waals surface area contributed by atoms with Crippen LogP contribution in [0.3, 0.4) is 0 Å². The Kier molecular flexibility index (Phi) is 6.54. The largest absolute Gasteiger partial charge is 0.507 e. The molecule has 0 aromatic heterocycles. The van der Waals surface area contributed by atoms with Crippen LogP contribution in [0.5, 0.6) is 11.5 Å². The van der Waals surface area contributed by atoms with Crippen LogP contribution in [0.1, 0.15) is 63.8 Å². The fourth-order valence-corrected chi connectivity index (χ4v) is 3.48. The van der Waals surface area contributed by atoms with Crippen LogP contribution < -0.4 is 0 Å². The molecule has 2 N–H and O–H groups in total. The van der Waals surface area contributed by atoms with Crippen LogP contribution in [-0.2, 0) is 10.8 Å². The summed E-state index contributed by atoms with van der Waals surface area (Å²) in [6.45, 7) is 12.4. The Morgan fingerprint density at radius 1 is 0.594 bits per heavy atom. The Balaban J connectivity index is 1.85. The number of para-hydroxylation sites is 2. The molecule has 3 aromatic carbocycles. The van der Waals surface area contributed by atoms with E-state index in [0.29, 0.717) is 11.1 Å². The van der Waals surface area contributed by atoms with Gasteiger partial charge in [-0.05, 0) is 52.3 Å². The topological polar surface area (TPSA) is 65.2 Å². The van der Waals surface area contributed by atoms with Gasteiger partial charge in [-0.3, -0.25) is 9.98 Å². The van der Waals surface area contributed by atoms with E-state index in [9.17, 15) is 10.2 Å². The van der Waals surface area contributed by atoms with Crippen LogP contribution in [0, 0.1) is 0 Å². The van der Waals surface area contributed by atoms with Crippen molar-refractivity contribution in [3.05, 3.63) is 82.9 Å². The average Bonchev–Trinajstić information content (AvgIpc) is 2.71. The van der Waals surface area contributed by atoms with Crippen LogP contribution in [0.25, 0.3) is 0 Å². The minimum absolute atomic E-state index is 0.154. The van der Waals surface area contributed by atoms with Gasteiger partial charge in [0, 0.05) is 23.6 Å². The highest BCUT2D eigenvalue weighted by molar-refractivity contribution is 5.87. The molecule has 0 saturated carbocycles. The van der Waals surface area contributed by atoms with Crippen molar-refractivity contribution in [2.45, 2.75) is 52.4 Å². The molecule has 0 heterocycles. The number of hydrogen-bond donors (Lipinski definition) is 2. The first-order chi connectivity index (χ1) is 15.0. The Hall–Kier alpha value is -3.40. The molecule has 0 aliphatic heterocycles. The quantitative estimate of drug-likeness (QED) is 0.432. The van der Waals surface area contributed by atoms with Gasteiger partial charge in [0.15, 0.2) is 0 Å². The third-order valence-electron chi connectivity index (χ3n) is 5.29. The van der Waals surface area contributed by atoms with Crippen molar-refractivity contribution >= 4 is 23.8 Å². The summed E-state index contributed by atoms with van der Waals surface area (Å²) in [5, 5.41) is 21.3. The van der Waals surface area contributed by atoms with E-state index in [4.69, 9.17) is 0 Å². The number of benzene rings is 3. The van der Waals surface area contributed by atoms with Gasteiger partial charge in [-0.2, -0.15) is 0 Å². The van der Waals surface area contributed by atoms with Crippen molar-refractivity contribution in [2.24, 2.45) is 9.98 Å². The van der Waals surface area contributed by atoms with E-state index >= 15 is 0 Å². The molecule has 0 atom stereocenters. The van der Waals surface area contributed by atoms with Crippen LogP contribution in [0.15, 0.2) is 70.6 Å². The van der Waals surface area contributed by atoms with Gasteiger partial charge in [-0.15, -0.1) is 0 Å². The monoisotopic (exact) mass is 428 g/mol. The Morgan fingerprint density at radius 2 is 0.969 bits per heavy atom. The highest BCUT2D eigenvalue weighted by atomic mass is 16.3. The fraction of sp³-hybridized carbons (Fsp3) is 0.286. The Morgan fingerprint density at radius 3 is 1.34 bits per heavy atom. The lowest BCUT2D eigenvalue weighted by Crippen LogP contribution is -2.11. The van der Waals surface area contributed by atoms with Crippen molar-refractivity contribution in [1.82, 2.24) is 0 Å². The van der Waals surface area contributed by atoms with Crippen molar-refractivity contribution < 1.29 is 10.2 Å². The first-order valence-corrected chi connectivity index (χ1v) is 10.8. The first-order valence-electron chi connectivity index (χ1n) is 10.8. The average molecular weight is 429 g/mol. The zero-order chi connectivity index (χ0) is 23.5. The number of aliphatic imine (C=N–C) groups is 2. The zero-order valence-electron chi connectivity index (χ0n) is 19.7. The van der Waals surface area contributed by atoms with Crippen molar-refractivity contribution in [2.75, 3.05) is 0 Å². The predicted octanol–water partition coefficient (Wildman–Crippen LogP) is 7.19. The molecule has 0 radical (unpaired) electrons. The van der Waals surface area contributed by atoms with Gasteiger partial charge in [0.1, 0.15) is 11.5 Å². The Bertz CT molecular complexity index is 1070. The summed E-state index contributed by atoms with van der Waals surface area (Å²) in [7, 11) is 0. The second kappa shape index (κ2) is 8.99. The summed E-state index contributed by atoms with van der Waals surface area (Å²) in [6.07, 6.45) is 3.35. The lowest BCUT2D eigenvalue weighted by molar-refractivity contribution is 0.445. The number of aromatic hydroxyl groups is 2. The molecule has 0 unspecified atom stereocenters. The molecule has 0 saturated heterocycles. The van der Waals surface area contributed by atoms with Crippen molar-refractivity contribution in [3.8, 4) is 11.5 Å². The molecule has 166 valence electrons. The van der Waals surface area contributed by atoms with E-state index in [-0.39, 0.29) is 22.3 Å². The number of nitrogens with zero attached hydrogens (tertiary/aromatic N) is 2. The summed E-state index contributed by atoms with van der Waals surface area (Å²) < 4.78 is 0. The van der Waals surface area contributed by atoms with Crippen LogP contribution in [-0.4, -0.2) is 22.6 Å². The molecule has 0 aliphatic carbocycles. The molecule has 3 rings (SSSR count). The third-order valence-corrected chi connectivity index (χ3v) is 5.29. The summed E-state index contributed by atoms with van der Waals surface area (Å²) in [6, 6.07) is 19.0. The molecule has 4 nitrogen and oxygen atoms in total. The predicted molar refractivity (Wildman–Crippen MR) is 135 cm³/mol. The molecule has 0 amide bonds. The molecule has 0 fully saturated rings. The minimum atomic E-state index is -0.154. The van der Waals surface area contributed by atoms with E-state index in [1.807, 2.05) is 60.7 Å². The number of phenolic OH excluding ortho intramolecular Hbond substituents is 2. The molecule has 0 bridgehead atoms. The van der Waals surface area contributed by atoms with E-state index < -0.39 is 0 Å². The van der Waals surface area contributed by atoms with Crippen LogP contribution in [0.4, 0.5) is 11.4 Å². The summed E-state index contributed by atoms with van der Waals surface area (Å²) in [5.41, 5.74) is 4.28. The first kappa shape index (κ1) is 23.3. The number of rotatable bonds is 4. The summed E-state index contributed by atoms with van der Waals surface area (Å²) >= 11 is 0. The maximum Gasteiger partial charge on any atom is 0.128 e. The van der Waals surface area contributed by atoms with Crippen LogP contribution in [0.2, 0.25) is 0 Å². The highest BCUT2D eigenvalue weighted by Crippen LogP contribution is 2.34. The lowest BCUT2D eigenvalue weighted by Gasteiger charge is -2.21. The van der Waals surface area contributed by atoms with E-state index in [1.54, 1.807) is 12.4 Å². The van der Waals surface area contributed by atoms with Crippen molar-refractivity contribution in [3.63, 3.8) is 0 Å². The molecule has 4 heteroatoms. The molecular weight excluding hydrogens is 396 g/mol. The summed E-state index contributed by atoms with van der Waals surface area (Å²) in [4.78, 5) is 9.06. The molecule has 0 aliphatic rings. The normalized spacial score (nSPS) is 12.7. The van der Waals surface area contributed by atoms with E-state index in [1.165, 1.54) is 0 Å². The van der Waals surface area contributed by atoms with Gasteiger partial charge in [-0.1, -0.05) is 71.9 Å². The SMILES string of the molecule is CC(C)(C)c1cccc(C=Nc2cccc(N=Cc3cccc(C(C)(C)C)c3O)c2)c1O. The van der Waals surface area contributed by atoms with Crippen LogP contribution >= 0.6 is 0 Å². The van der Waals surface area contributed by atoms with Gasteiger partial charge in [-0.25, -0.2) is 0 Å². The van der Waals surface area contributed by atoms with Crippen molar-refractivity contribution in [1.29, 1.82) is 0 Å². The van der Waals surface area contributed by atoms with Gasteiger partial charge in [0.25, 0.3) is 0 Å². The van der Waals surface area contributed by atoms with Gasteiger partial charge in [0.05, 0.1) is 11.4 Å².